The molecule has 1 rings (SSSR count). The molecule has 240 valence electrons. The molecule has 14 heteroatoms. The molecule has 2 atom stereocenters. The summed E-state index contributed by atoms with van der Waals surface area (Å²) in [5.74, 6) is 0. The summed E-state index contributed by atoms with van der Waals surface area (Å²) in [5.41, 5.74) is 5.31. The number of amides is 2. The molecule has 0 radical (unpaired) electrons. The topological polar surface area (TPSA) is 181 Å². The molecule has 0 bridgehead atoms. The minimum Gasteiger partial charge on any atom is -0.394 e. The van der Waals surface area contributed by atoms with Crippen LogP contribution in [-0.2, 0) is 37.9 Å². The molecule has 1 aliphatic heterocycles. The highest BCUT2D eigenvalue weighted by molar-refractivity contribution is 5.73. The first kappa shape index (κ1) is 38.8. The molecule has 1 saturated heterocycles. The van der Waals surface area contributed by atoms with Gasteiger partial charge in [0.15, 0.2) is 0 Å². The number of aliphatic hydroxyl groups excluding tert-OH is 2. The smallest absolute Gasteiger partial charge is 0.314 e. The summed E-state index contributed by atoms with van der Waals surface area (Å²) in [5, 5.41) is 23.1. The van der Waals surface area contributed by atoms with Crippen LogP contribution in [0.5, 0.6) is 0 Å². The number of nitrogens with one attached hydrogen (secondary N) is 2. The van der Waals surface area contributed by atoms with Gasteiger partial charge < -0.3 is 64.5 Å². The van der Waals surface area contributed by atoms with Crippen molar-refractivity contribution in [2.75, 3.05) is 125 Å². The van der Waals surface area contributed by atoms with Gasteiger partial charge in [-0.1, -0.05) is 6.92 Å². The fourth-order valence-corrected chi connectivity index (χ4v) is 3.07. The van der Waals surface area contributed by atoms with E-state index in [1.165, 1.54) is 0 Å². The summed E-state index contributed by atoms with van der Waals surface area (Å²) < 4.78 is 42.3. The van der Waals surface area contributed by atoms with Gasteiger partial charge in [-0.05, 0) is 19.3 Å². The molecular weight excluding hydrogens is 530 g/mol. The molecule has 0 aromatic carbocycles. The summed E-state index contributed by atoms with van der Waals surface area (Å²) >= 11 is 0. The van der Waals surface area contributed by atoms with Crippen LogP contribution in [0.2, 0.25) is 0 Å². The molecule has 6 N–H and O–H groups in total. The van der Waals surface area contributed by atoms with Crippen LogP contribution in [0.3, 0.4) is 0 Å². The van der Waals surface area contributed by atoms with Crippen LogP contribution >= 0.6 is 0 Å². The minimum atomic E-state index is -0.455. The maximum atomic E-state index is 11.6. The van der Waals surface area contributed by atoms with Crippen LogP contribution < -0.4 is 16.4 Å². The third-order valence-electron chi connectivity index (χ3n) is 5.12. The number of carbonyl (C=O) groups is 1. The standard InChI is InChI=1S/C20H43N3O8.C6H12O3/c1-2-6-25-10-12-27-8-4-22-20(24)23-5-9-28-13-15-30-17-19-31-18-16-29-14-11-26-7-3-21;7-4-6-5(8)2-1-3-9-6/h2-19,21H2,1H3,(H2,22,23,24);5-8H,1-4H2. The van der Waals surface area contributed by atoms with Crippen molar-refractivity contribution in [3.63, 3.8) is 0 Å². The molecule has 1 heterocycles. The van der Waals surface area contributed by atoms with Gasteiger partial charge in [0.05, 0.1) is 98.6 Å². The van der Waals surface area contributed by atoms with Crippen LogP contribution in [0, 0.1) is 0 Å². The Morgan fingerprint density at radius 2 is 1.18 bits per heavy atom. The SMILES string of the molecule is CCCOCCOCCNC(=O)NCCOCCOCCOCCOCCOCCN.OCC1OCCCC1O. The van der Waals surface area contributed by atoms with Gasteiger partial charge in [0, 0.05) is 32.8 Å². The molecular formula is C26H55N3O11. The van der Waals surface area contributed by atoms with E-state index in [1.807, 2.05) is 0 Å². The average molecular weight is 586 g/mol. The molecule has 2 amide bonds. The number of rotatable bonds is 26. The second kappa shape index (κ2) is 32.3. The van der Waals surface area contributed by atoms with Crippen molar-refractivity contribution >= 4 is 6.03 Å². The summed E-state index contributed by atoms with van der Waals surface area (Å²) in [4.78, 5) is 11.6. The zero-order valence-corrected chi connectivity index (χ0v) is 24.4. The first-order valence-corrected chi connectivity index (χ1v) is 14.3. The monoisotopic (exact) mass is 585 g/mol. The number of hydrogen-bond acceptors (Lipinski definition) is 12. The average Bonchev–Trinajstić information content (AvgIpc) is 2.96. The van der Waals surface area contributed by atoms with E-state index in [4.69, 9.17) is 53.8 Å². The molecule has 0 spiro atoms. The van der Waals surface area contributed by atoms with Crippen LogP contribution in [-0.4, -0.2) is 154 Å². The Balaban J connectivity index is 0.00000141. The Hall–Kier alpha value is -1.17. The van der Waals surface area contributed by atoms with E-state index >= 15 is 0 Å². The van der Waals surface area contributed by atoms with Crippen molar-refractivity contribution in [1.82, 2.24) is 10.6 Å². The summed E-state index contributed by atoms with van der Waals surface area (Å²) in [6, 6.07) is -0.241. The lowest BCUT2D eigenvalue weighted by Gasteiger charge is -2.25. The van der Waals surface area contributed by atoms with E-state index in [1.54, 1.807) is 0 Å². The Labute approximate surface area is 239 Å². The first-order chi connectivity index (χ1) is 19.7. The molecule has 14 nitrogen and oxygen atoms in total. The number of hydrogen-bond donors (Lipinski definition) is 5. The Bertz CT molecular complexity index is 524. The highest BCUT2D eigenvalue weighted by Crippen LogP contribution is 2.12. The quantitative estimate of drug-likeness (QED) is 0.0806. The zero-order valence-electron chi connectivity index (χ0n) is 24.4. The lowest BCUT2D eigenvalue weighted by Crippen LogP contribution is -2.39. The zero-order chi connectivity index (χ0) is 29.4. The van der Waals surface area contributed by atoms with Gasteiger partial charge in [0.25, 0.3) is 0 Å². The summed E-state index contributed by atoms with van der Waals surface area (Å²) in [7, 11) is 0. The molecule has 0 aliphatic carbocycles. The molecule has 0 aromatic heterocycles. The molecule has 2 unspecified atom stereocenters. The van der Waals surface area contributed by atoms with E-state index in [0.717, 1.165) is 25.9 Å². The van der Waals surface area contributed by atoms with E-state index in [9.17, 15) is 4.79 Å². The fourth-order valence-electron chi connectivity index (χ4n) is 3.07. The van der Waals surface area contributed by atoms with Gasteiger partial charge in [-0.3, -0.25) is 0 Å². The highest BCUT2D eigenvalue weighted by Gasteiger charge is 2.22. The van der Waals surface area contributed by atoms with E-state index in [-0.39, 0.29) is 18.7 Å². The predicted octanol–water partition coefficient (Wildman–Crippen LogP) is -0.711. The third-order valence-corrected chi connectivity index (χ3v) is 5.12. The Morgan fingerprint density at radius 1 is 0.750 bits per heavy atom. The fraction of sp³-hybridized carbons (Fsp3) is 0.962. The van der Waals surface area contributed by atoms with Crippen LogP contribution in [0.25, 0.3) is 0 Å². The van der Waals surface area contributed by atoms with E-state index < -0.39 is 6.10 Å². The second-order valence-electron chi connectivity index (χ2n) is 8.56. The van der Waals surface area contributed by atoms with Crippen molar-refractivity contribution in [3.8, 4) is 0 Å². The molecule has 1 fully saturated rings. The Kier molecular flexibility index (Phi) is 31.4. The number of nitrogens with two attached hydrogens (primary N) is 1. The maximum Gasteiger partial charge on any atom is 0.314 e. The summed E-state index contributed by atoms with van der Waals surface area (Å²) in [6.07, 6.45) is 1.86. The lowest BCUT2D eigenvalue weighted by atomic mass is 10.1. The molecule has 1 aliphatic rings. The van der Waals surface area contributed by atoms with Gasteiger partial charge in [-0.15, -0.1) is 0 Å². The van der Waals surface area contributed by atoms with Gasteiger partial charge >= 0.3 is 6.03 Å². The maximum absolute atomic E-state index is 11.6. The number of carbonyl (C=O) groups excluding carboxylic acids is 1. The van der Waals surface area contributed by atoms with Crippen molar-refractivity contribution < 1.29 is 52.9 Å². The number of ether oxygens (including phenoxy) is 8. The van der Waals surface area contributed by atoms with Gasteiger partial charge in [0.2, 0.25) is 0 Å². The first-order valence-electron chi connectivity index (χ1n) is 14.3. The summed E-state index contributed by atoms with van der Waals surface area (Å²) in [6.45, 7) is 11.4. The van der Waals surface area contributed by atoms with Crippen molar-refractivity contribution in [2.24, 2.45) is 5.73 Å². The van der Waals surface area contributed by atoms with Crippen molar-refractivity contribution in [1.29, 1.82) is 0 Å². The molecule has 40 heavy (non-hydrogen) atoms. The Morgan fingerprint density at radius 3 is 1.55 bits per heavy atom. The van der Waals surface area contributed by atoms with Crippen LogP contribution in [0.4, 0.5) is 4.79 Å². The molecule has 0 saturated carbocycles. The van der Waals surface area contributed by atoms with Crippen molar-refractivity contribution in [3.05, 3.63) is 0 Å². The van der Waals surface area contributed by atoms with Gasteiger partial charge in [0.1, 0.15) is 6.10 Å². The lowest BCUT2D eigenvalue weighted by molar-refractivity contribution is -0.0942. The van der Waals surface area contributed by atoms with E-state index in [2.05, 4.69) is 17.6 Å². The van der Waals surface area contributed by atoms with Crippen molar-refractivity contribution in [2.45, 2.75) is 38.4 Å². The minimum absolute atomic E-state index is 0.0683. The third kappa shape index (κ3) is 28.4. The van der Waals surface area contributed by atoms with Crippen LogP contribution in [0.15, 0.2) is 0 Å². The van der Waals surface area contributed by atoms with Gasteiger partial charge in [-0.2, -0.15) is 0 Å². The predicted molar refractivity (Wildman–Crippen MR) is 149 cm³/mol. The largest absolute Gasteiger partial charge is 0.394 e. The van der Waals surface area contributed by atoms with Gasteiger partial charge in [-0.25, -0.2) is 4.79 Å². The molecule has 0 aromatic rings. The number of urea groups is 1. The normalized spacial score (nSPS) is 16.8. The highest BCUT2D eigenvalue weighted by atomic mass is 16.6. The van der Waals surface area contributed by atoms with E-state index in [0.29, 0.717) is 112 Å². The number of aliphatic hydroxyl groups is 2. The van der Waals surface area contributed by atoms with Crippen LogP contribution in [0.1, 0.15) is 26.2 Å². The second-order valence-corrected chi connectivity index (χ2v) is 8.56.